The summed E-state index contributed by atoms with van der Waals surface area (Å²) >= 11 is 5.83. The molecule has 2 unspecified atom stereocenters. The smallest absolute Gasteiger partial charge is 0.156 e. The Labute approximate surface area is 111 Å². The first-order valence-corrected chi connectivity index (χ1v) is 6.45. The Bertz CT molecular complexity index is 428. The number of aldehydes is 1. The van der Waals surface area contributed by atoms with Crippen molar-refractivity contribution in [2.24, 2.45) is 5.92 Å². The number of halogens is 1. The van der Waals surface area contributed by atoms with Gasteiger partial charge in [-0.3, -0.25) is 4.79 Å². The third kappa shape index (κ3) is 2.79. The Morgan fingerprint density at radius 3 is 3.17 bits per heavy atom. The molecule has 1 aliphatic heterocycles. The van der Waals surface area contributed by atoms with Gasteiger partial charge >= 0.3 is 0 Å². The molecule has 2 atom stereocenters. The predicted molar refractivity (Wildman–Crippen MR) is 69.1 cm³/mol. The van der Waals surface area contributed by atoms with Crippen LogP contribution in [-0.4, -0.2) is 35.5 Å². The fraction of sp³-hybridized carbons (Fsp3) is 0.583. The Hall–Kier alpha value is -1.20. The summed E-state index contributed by atoms with van der Waals surface area (Å²) in [6.45, 7) is 3.64. The van der Waals surface area contributed by atoms with E-state index >= 15 is 0 Å². The SMILES string of the molecule is CCC1OCCC1CNc1ncnc(Cl)c1C=O. The molecule has 5 nitrogen and oxygen atoms in total. The second-order valence-corrected chi connectivity index (χ2v) is 4.65. The van der Waals surface area contributed by atoms with Gasteiger partial charge in [0.1, 0.15) is 17.3 Å². The van der Waals surface area contributed by atoms with Gasteiger partial charge in [-0.05, 0) is 12.8 Å². The Morgan fingerprint density at radius 1 is 1.61 bits per heavy atom. The molecule has 1 fully saturated rings. The number of aromatic nitrogens is 2. The molecule has 0 spiro atoms. The molecule has 1 aliphatic rings. The molecule has 1 N–H and O–H groups in total. The van der Waals surface area contributed by atoms with Crippen LogP contribution in [0.4, 0.5) is 5.82 Å². The van der Waals surface area contributed by atoms with Crippen molar-refractivity contribution in [2.75, 3.05) is 18.5 Å². The van der Waals surface area contributed by atoms with Crippen molar-refractivity contribution in [3.05, 3.63) is 17.0 Å². The summed E-state index contributed by atoms with van der Waals surface area (Å²) in [6.07, 6.45) is 4.33. The van der Waals surface area contributed by atoms with E-state index in [4.69, 9.17) is 16.3 Å². The first-order valence-electron chi connectivity index (χ1n) is 6.07. The molecule has 2 rings (SSSR count). The van der Waals surface area contributed by atoms with Crippen LogP contribution in [-0.2, 0) is 4.74 Å². The zero-order valence-electron chi connectivity index (χ0n) is 10.2. The topological polar surface area (TPSA) is 64.1 Å². The molecule has 0 radical (unpaired) electrons. The molecule has 0 saturated carbocycles. The molecule has 0 aromatic carbocycles. The van der Waals surface area contributed by atoms with Crippen LogP contribution in [0.25, 0.3) is 0 Å². The van der Waals surface area contributed by atoms with Crippen molar-refractivity contribution in [2.45, 2.75) is 25.9 Å². The minimum Gasteiger partial charge on any atom is -0.378 e. The maximum absolute atomic E-state index is 10.9. The van der Waals surface area contributed by atoms with E-state index in [1.54, 1.807) is 0 Å². The van der Waals surface area contributed by atoms with Gasteiger partial charge < -0.3 is 10.1 Å². The molecule has 2 heterocycles. The van der Waals surface area contributed by atoms with E-state index < -0.39 is 0 Å². The Kier molecular flexibility index (Phi) is 4.49. The number of ether oxygens (including phenoxy) is 1. The maximum atomic E-state index is 10.9. The molecule has 0 bridgehead atoms. The number of carbonyl (C=O) groups is 1. The van der Waals surface area contributed by atoms with Gasteiger partial charge in [0.25, 0.3) is 0 Å². The van der Waals surface area contributed by atoms with Crippen LogP contribution in [0.5, 0.6) is 0 Å². The summed E-state index contributed by atoms with van der Waals surface area (Å²) in [5.41, 5.74) is 0.311. The van der Waals surface area contributed by atoms with Crippen LogP contribution in [0.1, 0.15) is 30.1 Å². The monoisotopic (exact) mass is 269 g/mol. The van der Waals surface area contributed by atoms with Gasteiger partial charge in [-0.15, -0.1) is 0 Å². The number of anilines is 1. The van der Waals surface area contributed by atoms with Crippen LogP contribution in [0.3, 0.4) is 0 Å². The molecular formula is C12H16ClN3O2. The summed E-state index contributed by atoms with van der Waals surface area (Å²) in [5, 5.41) is 3.34. The summed E-state index contributed by atoms with van der Waals surface area (Å²) in [5.74, 6) is 0.940. The van der Waals surface area contributed by atoms with Crippen molar-refractivity contribution < 1.29 is 9.53 Å². The minimum atomic E-state index is 0.178. The normalized spacial score (nSPS) is 23.0. The van der Waals surface area contributed by atoms with Crippen molar-refractivity contribution >= 4 is 23.7 Å². The highest BCUT2D eigenvalue weighted by atomic mass is 35.5. The second kappa shape index (κ2) is 6.11. The summed E-state index contributed by atoms with van der Waals surface area (Å²) in [4.78, 5) is 18.8. The van der Waals surface area contributed by atoms with Crippen LogP contribution in [0.15, 0.2) is 6.33 Å². The molecule has 0 aliphatic carbocycles. The minimum absolute atomic E-state index is 0.178. The molecule has 18 heavy (non-hydrogen) atoms. The van der Waals surface area contributed by atoms with E-state index in [9.17, 15) is 4.79 Å². The average Bonchev–Trinajstić information content (AvgIpc) is 2.83. The van der Waals surface area contributed by atoms with Crippen molar-refractivity contribution in [1.82, 2.24) is 9.97 Å². The lowest BCUT2D eigenvalue weighted by atomic mass is 10.00. The van der Waals surface area contributed by atoms with Crippen LogP contribution in [0, 0.1) is 5.92 Å². The van der Waals surface area contributed by atoms with Gasteiger partial charge in [-0.2, -0.15) is 0 Å². The van der Waals surface area contributed by atoms with Gasteiger partial charge in [0.05, 0.1) is 11.7 Å². The largest absolute Gasteiger partial charge is 0.378 e. The van der Waals surface area contributed by atoms with Crippen LogP contribution >= 0.6 is 11.6 Å². The zero-order valence-corrected chi connectivity index (χ0v) is 11.0. The van der Waals surface area contributed by atoms with Crippen LogP contribution in [0.2, 0.25) is 5.15 Å². The van der Waals surface area contributed by atoms with Crippen molar-refractivity contribution in [3.63, 3.8) is 0 Å². The number of hydrogen-bond acceptors (Lipinski definition) is 5. The van der Waals surface area contributed by atoms with Crippen molar-refractivity contribution in [3.8, 4) is 0 Å². The molecule has 1 aromatic rings. The van der Waals surface area contributed by atoms with E-state index in [-0.39, 0.29) is 11.3 Å². The zero-order chi connectivity index (χ0) is 13.0. The van der Waals surface area contributed by atoms with Gasteiger partial charge in [0.2, 0.25) is 0 Å². The Balaban J connectivity index is 2.02. The number of nitrogens with zero attached hydrogens (tertiary/aromatic N) is 2. The molecule has 0 amide bonds. The quantitative estimate of drug-likeness (QED) is 0.656. The van der Waals surface area contributed by atoms with E-state index in [0.717, 1.165) is 26.0 Å². The standard InChI is InChI=1S/C12H16ClN3O2/c1-2-10-8(3-4-18-10)5-14-12-9(6-17)11(13)15-7-16-12/h6-8,10H,2-5H2,1H3,(H,14,15,16). The lowest BCUT2D eigenvalue weighted by Gasteiger charge is -2.18. The highest BCUT2D eigenvalue weighted by Gasteiger charge is 2.26. The van der Waals surface area contributed by atoms with E-state index in [0.29, 0.717) is 23.6 Å². The number of nitrogens with one attached hydrogen (secondary N) is 1. The Morgan fingerprint density at radius 2 is 2.44 bits per heavy atom. The number of rotatable bonds is 5. The second-order valence-electron chi connectivity index (χ2n) is 4.29. The lowest BCUT2D eigenvalue weighted by molar-refractivity contribution is 0.0900. The summed E-state index contributed by atoms with van der Waals surface area (Å²) < 4.78 is 5.62. The third-order valence-corrected chi connectivity index (χ3v) is 3.53. The molecule has 1 aromatic heterocycles. The fourth-order valence-electron chi connectivity index (χ4n) is 2.22. The molecule has 1 saturated heterocycles. The van der Waals surface area contributed by atoms with E-state index in [2.05, 4.69) is 22.2 Å². The molecule has 98 valence electrons. The average molecular weight is 270 g/mol. The maximum Gasteiger partial charge on any atom is 0.156 e. The fourth-order valence-corrected chi connectivity index (χ4v) is 2.40. The van der Waals surface area contributed by atoms with Crippen molar-refractivity contribution in [1.29, 1.82) is 0 Å². The first-order chi connectivity index (χ1) is 8.76. The first kappa shape index (κ1) is 13.2. The lowest BCUT2D eigenvalue weighted by Crippen LogP contribution is -2.23. The number of hydrogen-bond donors (Lipinski definition) is 1. The highest BCUT2D eigenvalue weighted by molar-refractivity contribution is 6.32. The highest BCUT2D eigenvalue weighted by Crippen LogP contribution is 2.24. The van der Waals surface area contributed by atoms with Gasteiger partial charge in [0.15, 0.2) is 6.29 Å². The van der Waals surface area contributed by atoms with Gasteiger partial charge in [0, 0.05) is 19.1 Å². The van der Waals surface area contributed by atoms with Gasteiger partial charge in [-0.25, -0.2) is 9.97 Å². The summed E-state index contributed by atoms with van der Waals surface area (Å²) in [6, 6.07) is 0. The molecule has 6 heteroatoms. The summed E-state index contributed by atoms with van der Waals surface area (Å²) in [7, 11) is 0. The van der Waals surface area contributed by atoms with E-state index in [1.807, 2.05) is 0 Å². The third-order valence-electron chi connectivity index (χ3n) is 3.23. The predicted octanol–water partition coefficient (Wildman–Crippen LogP) is 2.17. The molecular weight excluding hydrogens is 254 g/mol. The van der Waals surface area contributed by atoms with Gasteiger partial charge in [-0.1, -0.05) is 18.5 Å². The number of carbonyl (C=O) groups excluding carboxylic acids is 1. The van der Waals surface area contributed by atoms with Crippen LogP contribution < -0.4 is 5.32 Å². The van der Waals surface area contributed by atoms with E-state index in [1.165, 1.54) is 6.33 Å².